The summed E-state index contributed by atoms with van der Waals surface area (Å²) in [5, 5.41) is 0. The Bertz CT molecular complexity index is 986. The summed E-state index contributed by atoms with van der Waals surface area (Å²) in [7, 11) is 0. The van der Waals surface area contributed by atoms with Crippen molar-refractivity contribution in [2.24, 2.45) is 0 Å². The predicted molar refractivity (Wildman–Crippen MR) is 126 cm³/mol. The molecule has 0 aliphatic carbocycles. The van der Waals surface area contributed by atoms with Gasteiger partial charge in [-0.25, -0.2) is 0 Å². The van der Waals surface area contributed by atoms with Crippen LogP contribution in [0.25, 0.3) is 6.08 Å². The first kappa shape index (κ1) is 20.8. The van der Waals surface area contributed by atoms with Crippen LogP contribution >= 0.6 is 24.0 Å². The van der Waals surface area contributed by atoms with Gasteiger partial charge in [-0.1, -0.05) is 84.1 Å². The van der Waals surface area contributed by atoms with Gasteiger partial charge in [0, 0.05) is 32.0 Å². The van der Waals surface area contributed by atoms with Gasteiger partial charge in [-0.05, 0) is 30.5 Å². The van der Waals surface area contributed by atoms with Gasteiger partial charge in [-0.15, -0.1) is 0 Å². The summed E-state index contributed by atoms with van der Waals surface area (Å²) in [6.07, 6.45) is 3.15. The van der Waals surface area contributed by atoms with Crippen LogP contribution in [0.3, 0.4) is 0 Å². The van der Waals surface area contributed by atoms with Gasteiger partial charge in [0.15, 0.2) is 0 Å². The first-order chi connectivity index (χ1) is 14.5. The maximum atomic E-state index is 12.8. The lowest BCUT2D eigenvalue weighted by Gasteiger charge is -2.19. The summed E-state index contributed by atoms with van der Waals surface area (Å²) in [6.45, 7) is 3.88. The second-order valence-corrected chi connectivity index (χ2v) is 9.41. The number of thioether (sulfide) groups is 1. The van der Waals surface area contributed by atoms with Crippen LogP contribution in [0.15, 0.2) is 59.5 Å². The zero-order valence-electron chi connectivity index (χ0n) is 16.9. The normalized spacial score (nSPS) is 20.4. The highest BCUT2D eigenvalue weighted by Crippen LogP contribution is 2.33. The van der Waals surface area contributed by atoms with Gasteiger partial charge >= 0.3 is 0 Å². The molecule has 2 heterocycles. The SMILES string of the molecule is Cc1ccc(C=C2SC(=S)N(CCC(=O)N3CCC(c4ccccc4)C3)C2=O)cc1. The molecule has 2 saturated heterocycles. The van der Waals surface area contributed by atoms with Crippen molar-refractivity contribution in [3.63, 3.8) is 0 Å². The third-order valence-corrected chi connectivity index (χ3v) is 6.99. The summed E-state index contributed by atoms with van der Waals surface area (Å²) in [4.78, 5) is 29.6. The second-order valence-electron chi connectivity index (χ2n) is 7.73. The van der Waals surface area contributed by atoms with E-state index in [1.54, 1.807) is 4.90 Å². The van der Waals surface area contributed by atoms with E-state index in [9.17, 15) is 9.59 Å². The van der Waals surface area contributed by atoms with Crippen molar-refractivity contribution < 1.29 is 9.59 Å². The van der Waals surface area contributed by atoms with E-state index in [0.29, 0.717) is 28.1 Å². The van der Waals surface area contributed by atoms with Gasteiger partial charge in [0.1, 0.15) is 4.32 Å². The van der Waals surface area contributed by atoms with E-state index in [1.807, 2.05) is 60.4 Å². The predicted octanol–water partition coefficient (Wildman–Crippen LogP) is 4.60. The van der Waals surface area contributed by atoms with Crippen molar-refractivity contribution in [3.8, 4) is 0 Å². The summed E-state index contributed by atoms with van der Waals surface area (Å²) >= 11 is 6.71. The molecular formula is C24H24N2O2S2. The Morgan fingerprint density at radius 1 is 1.17 bits per heavy atom. The molecule has 2 aliphatic rings. The van der Waals surface area contributed by atoms with Crippen LogP contribution in [-0.2, 0) is 9.59 Å². The summed E-state index contributed by atoms with van der Waals surface area (Å²) in [5.74, 6) is 0.371. The minimum Gasteiger partial charge on any atom is -0.342 e. The largest absolute Gasteiger partial charge is 0.342 e. The number of carbonyl (C=O) groups excluding carboxylic acids is 2. The van der Waals surface area contributed by atoms with Gasteiger partial charge in [0.25, 0.3) is 5.91 Å². The van der Waals surface area contributed by atoms with Gasteiger partial charge in [-0.3, -0.25) is 14.5 Å². The van der Waals surface area contributed by atoms with E-state index in [0.717, 1.165) is 25.1 Å². The molecule has 2 aromatic carbocycles. The van der Waals surface area contributed by atoms with Crippen LogP contribution in [0.1, 0.15) is 35.4 Å². The van der Waals surface area contributed by atoms with Crippen molar-refractivity contribution >= 4 is 46.2 Å². The molecule has 2 aromatic rings. The van der Waals surface area contributed by atoms with E-state index < -0.39 is 0 Å². The summed E-state index contributed by atoms with van der Waals surface area (Å²) in [5.41, 5.74) is 3.43. The molecule has 4 nitrogen and oxygen atoms in total. The number of nitrogens with zero attached hydrogens (tertiary/aromatic N) is 2. The van der Waals surface area contributed by atoms with E-state index in [1.165, 1.54) is 22.9 Å². The average Bonchev–Trinajstić information content (AvgIpc) is 3.34. The number of likely N-dealkylation sites (tertiary alicyclic amines) is 1. The van der Waals surface area contributed by atoms with Crippen molar-refractivity contribution in [2.75, 3.05) is 19.6 Å². The number of thiocarbonyl (C=S) groups is 1. The number of carbonyl (C=O) groups is 2. The molecule has 0 bridgehead atoms. The minimum absolute atomic E-state index is 0.0880. The van der Waals surface area contributed by atoms with E-state index >= 15 is 0 Å². The molecule has 0 spiro atoms. The maximum absolute atomic E-state index is 12.8. The van der Waals surface area contributed by atoms with Crippen LogP contribution in [-0.4, -0.2) is 45.6 Å². The molecule has 1 atom stereocenters. The van der Waals surface area contributed by atoms with Gasteiger partial charge in [0.2, 0.25) is 5.91 Å². The van der Waals surface area contributed by atoms with Crippen LogP contribution < -0.4 is 0 Å². The van der Waals surface area contributed by atoms with Crippen LogP contribution in [0.4, 0.5) is 0 Å². The highest BCUT2D eigenvalue weighted by Gasteiger charge is 2.33. The Hall–Kier alpha value is -2.44. The van der Waals surface area contributed by atoms with Crippen LogP contribution in [0.5, 0.6) is 0 Å². The van der Waals surface area contributed by atoms with Crippen molar-refractivity contribution in [1.82, 2.24) is 9.80 Å². The highest BCUT2D eigenvalue weighted by molar-refractivity contribution is 8.26. The number of amides is 2. The Labute approximate surface area is 186 Å². The molecule has 6 heteroatoms. The summed E-state index contributed by atoms with van der Waals surface area (Å²) < 4.78 is 0.523. The van der Waals surface area contributed by atoms with Crippen molar-refractivity contribution in [3.05, 3.63) is 76.2 Å². The Balaban J connectivity index is 1.33. The maximum Gasteiger partial charge on any atom is 0.266 e. The Kier molecular flexibility index (Phi) is 6.35. The fraction of sp³-hybridized carbons (Fsp3) is 0.292. The number of hydrogen-bond acceptors (Lipinski definition) is 4. The average molecular weight is 437 g/mol. The molecule has 0 N–H and O–H groups in total. The summed E-state index contributed by atoms with van der Waals surface area (Å²) in [6, 6.07) is 18.4. The zero-order chi connectivity index (χ0) is 21.1. The smallest absolute Gasteiger partial charge is 0.266 e. The minimum atomic E-state index is -0.109. The van der Waals surface area contributed by atoms with Crippen LogP contribution in [0.2, 0.25) is 0 Å². The molecule has 30 heavy (non-hydrogen) atoms. The van der Waals surface area contributed by atoms with Crippen molar-refractivity contribution in [2.45, 2.75) is 25.7 Å². The molecule has 4 rings (SSSR count). The van der Waals surface area contributed by atoms with E-state index in [2.05, 4.69) is 12.1 Å². The molecular weight excluding hydrogens is 412 g/mol. The molecule has 1 unspecified atom stereocenters. The number of benzene rings is 2. The second kappa shape index (κ2) is 9.14. The topological polar surface area (TPSA) is 40.6 Å². The third-order valence-electron chi connectivity index (χ3n) is 5.61. The first-order valence-electron chi connectivity index (χ1n) is 10.2. The van der Waals surface area contributed by atoms with Gasteiger partial charge < -0.3 is 4.90 Å². The molecule has 2 fully saturated rings. The zero-order valence-corrected chi connectivity index (χ0v) is 18.5. The van der Waals surface area contributed by atoms with E-state index in [-0.39, 0.29) is 11.8 Å². The van der Waals surface area contributed by atoms with Gasteiger partial charge in [-0.2, -0.15) is 0 Å². The lowest BCUT2D eigenvalue weighted by atomic mass is 9.99. The fourth-order valence-electron chi connectivity index (χ4n) is 3.86. The molecule has 0 radical (unpaired) electrons. The van der Waals surface area contributed by atoms with Crippen molar-refractivity contribution in [1.29, 1.82) is 0 Å². The molecule has 0 saturated carbocycles. The third kappa shape index (κ3) is 4.65. The Morgan fingerprint density at radius 3 is 2.63 bits per heavy atom. The molecule has 154 valence electrons. The molecule has 2 amide bonds. The number of rotatable bonds is 5. The number of hydrogen-bond donors (Lipinski definition) is 0. The monoisotopic (exact) mass is 436 g/mol. The van der Waals surface area contributed by atoms with Crippen LogP contribution in [0, 0.1) is 6.92 Å². The molecule has 0 aromatic heterocycles. The standard InChI is InChI=1S/C24H24N2O2S2/c1-17-7-9-18(10-8-17)15-21-23(28)26(24(29)30-21)14-12-22(27)25-13-11-20(16-25)19-5-3-2-4-6-19/h2-10,15,20H,11-14,16H2,1H3. The molecule has 2 aliphatic heterocycles. The first-order valence-corrected chi connectivity index (χ1v) is 11.4. The lowest BCUT2D eigenvalue weighted by Crippen LogP contribution is -2.35. The highest BCUT2D eigenvalue weighted by atomic mass is 32.2. The number of aryl methyl sites for hydroxylation is 1. The van der Waals surface area contributed by atoms with Gasteiger partial charge in [0.05, 0.1) is 4.91 Å². The fourth-order valence-corrected chi connectivity index (χ4v) is 5.17. The Morgan fingerprint density at radius 2 is 1.90 bits per heavy atom. The lowest BCUT2D eigenvalue weighted by molar-refractivity contribution is -0.130. The van der Waals surface area contributed by atoms with E-state index in [4.69, 9.17) is 12.2 Å². The quantitative estimate of drug-likeness (QED) is 0.507.